The molecule has 0 saturated carbocycles. The minimum absolute atomic E-state index is 0. The van der Waals surface area contributed by atoms with Crippen molar-refractivity contribution in [2.75, 3.05) is 0 Å². The molecule has 1 heterocycles. The Bertz CT molecular complexity index is 156. The fourth-order valence-corrected chi connectivity index (χ4v) is 0.442. The molecule has 0 unspecified atom stereocenters. The molecule has 1 aromatic rings. The highest BCUT2D eigenvalue weighted by Crippen LogP contribution is 1.85. The lowest BCUT2D eigenvalue weighted by molar-refractivity contribution is 0.898. The summed E-state index contributed by atoms with van der Waals surface area (Å²) in [6.07, 6.45) is 1.62. The summed E-state index contributed by atoms with van der Waals surface area (Å²) in [6, 6.07) is 3.65. The lowest BCUT2D eigenvalue weighted by atomic mass is 10.4. The van der Waals surface area contributed by atoms with Gasteiger partial charge in [-0.1, -0.05) is 0 Å². The van der Waals surface area contributed by atoms with Gasteiger partial charge in [0, 0.05) is 12.7 Å². The van der Waals surface area contributed by atoms with Gasteiger partial charge in [-0.2, -0.15) is 10.2 Å². The highest BCUT2D eigenvalue weighted by Gasteiger charge is 1.83. The van der Waals surface area contributed by atoms with Gasteiger partial charge in [0.2, 0.25) is 0 Å². The lowest BCUT2D eigenvalue weighted by Crippen LogP contribution is -1.99. The van der Waals surface area contributed by atoms with Crippen molar-refractivity contribution in [3.8, 4) is 0 Å². The van der Waals surface area contributed by atoms with E-state index in [-0.39, 0.29) is 24.8 Å². The molecular weight excluding hydrogens is 173 g/mol. The van der Waals surface area contributed by atoms with Gasteiger partial charge in [-0.15, -0.1) is 24.8 Å². The zero-order valence-corrected chi connectivity index (χ0v) is 6.86. The topological polar surface area (TPSA) is 51.8 Å². The van der Waals surface area contributed by atoms with E-state index >= 15 is 0 Å². The second-order valence-corrected chi connectivity index (χ2v) is 1.42. The van der Waals surface area contributed by atoms with E-state index < -0.39 is 0 Å². The number of hydrogen-bond donors (Lipinski definition) is 1. The molecule has 1 rings (SSSR count). The van der Waals surface area contributed by atoms with Gasteiger partial charge in [0.05, 0.1) is 5.69 Å². The second-order valence-electron chi connectivity index (χ2n) is 1.42. The first-order valence-corrected chi connectivity index (χ1v) is 2.40. The first-order chi connectivity index (χ1) is 3.93. The van der Waals surface area contributed by atoms with Crippen LogP contribution in [0.3, 0.4) is 0 Å². The Morgan fingerprint density at radius 2 is 2.10 bits per heavy atom. The van der Waals surface area contributed by atoms with Crippen molar-refractivity contribution in [2.45, 2.75) is 6.54 Å². The molecule has 0 spiro atoms. The van der Waals surface area contributed by atoms with Crippen LogP contribution in [0.2, 0.25) is 0 Å². The molecule has 10 heavy (non-hydrogen) atoms. The molecule has 0 atom stereocenters. The smallest absolute Gasteiger partial charge is 0.0766 e. The lowest BCUT2D eigenvalue weighted by Gasteiger charge is -1.87. The normalized spacial score (nSPS) is 7.30. The van der Waals surface area contributed by atoms with Gasteiger partial charge in [0.1, 0.15) is 0 Å². The number of aromatic nitrogens is 2. The SMILES string of the molecule is Cl.Cl.NCc1cccnn1. The van der Waals surface area contributed by atoms with Gasteiger partial charge < -0.3 is 5.73 Å². The summed E-state index contributed by atoms with van der Waals surface area (Å²) in [5, 5.41) is 7.35. The summed E-state index contributed by atoms with van der Waals surface area (Å²) in [6.45, 7) is 0.466. The average molecular weight is 182 g/mol. The zero-order valence-electron chi connectivity index (χ0n) is 5.23. The number of hydrogen-bond acceptors (Lipinski definition) is 3. The predicted octanol–water partition coefficient (Wildman–Crippen LogP) is 0.779. The van der Waals surface area contributed by atoms with Crippen molar-refractivity contribution in [3.05, 3.63) is 24.0 Å². The molecule has 5 heteroatoms. The van der Waals surface area contributed by atoms with Gasteiger partial charge in [-0.3, -0.25) is 0 Å². The second kappa shape index (κ2) is 6.74. The van der Waals surface area contributed by atoms with E-state index in [1.165, 1.54) is 0 Å². The molecule has 0 aliphatic rings. The fraction of sp³-hybridized carbons (Fsp3) is 0.200. The Labute approximate surface area is 71.9 Å². The monoisotopic (exact) mass is 181 g/mol. The summed E-state index contributed by atoms with van der Waals surface area (Å²) in [5.74, 6) is 0. The minimum Gasteiger partial charge on any atom is -0.325 e. The van der Waals surface area contributed by atoms with Crippen LogP contribution in [-0.2, 0) is 6.54 Å². The van der Waals surface area contributed by atoms with Gasteiger partial charge in [0.25, 0.3) is 0 Å². The Hall–Kier alpha value is -0.380. The summed E-state index contributed by atoms with van der Waals surface area (Å²) >= 11 is 0. The Balaban J connectivity index is 0. The average Bonchev–Trinajstić information content (AvgIpc) is 1.90. The van der Waals surface area contributed by atoms with Crippen LogP contribution in [0.15, 0.2) is 18.3 Å². The maximum Gasteiger partial charge on any atom is 0.0766 e. The summed E-state index contributed by atoms with van der Waals surface area (Å²) < 4.78 is 0. The number of nitrogens with two attached hydrogens (primary N) is 1. The van der Waals surface area contributed by atoms with Gasteiger partial charge in [-0.25, -0.2) is 0 Å². The minimum atomic E-state index is 0. The Morgan fingerprint density at radius 3 is 2.40 bits per heavy atom. The van der Waals surface area contributed by atoms with Crippen molar-refractivity contribution in [1.29, 1.82) is 0 Å². The molecule has 0 aromatic carbocycles. The third kappa shape index (κ3) is 3.61. The molecule has 2 N–H and O–H groups in total. The molecular formula is C5H9Cl2N3. The van der Waals surface area contributed by atoms with Crippen LogP contribution >= 0.6 is 24.8 Å². The van der Waals surface area contributed by atoms with Crippen molar-refractivity contribution in [3.63, 3.8) is 0 Å². The van der Waals surface area contributed by atoms with Gasteiger partial charge >= 0.3 is 0 Å². The Morgan fingerprint density at radius 1 is 1.40 bits per heavy atom. The fourth-order valence-electron chi connectivity index (χ4n) is 0.442. The van der Waals surface area contributed by atoms with Gasteiger partial charge in [-0.05, 0) is 12.1 Å². The van der Waals surface area contributed by atoms with Crippen LogP contribution in [0.25, 0.3) is 0 Å². The quantitative estimate of drug-likeness (QED) is 0.698. The van der Waals surface area contributed by atoms with E-state index in [2.05, 4.69) is 10.2 Å². The highest BCUT2D eigenvalue weighted by molar-refractivity contribution is 5.85. The largest absolute Gasteiger partial charge is 0.325 e. The molecule has 0 fully saturated rings. The molecule has 0 amide bonds. The van der Waals surface area contributed by atoms with Crippen molar-refractivity contribution in [1.82, 2.24) is 10.2 Å². The van der Waals surface area contributed by atoms with Crippen LogP contribution in [0.5, 0.6) is 0 Å². The van der Waals surface area contributed by atoms with Crippen LogP contribution < -0.4 is 5.73 Å². The molecule has 0 saturated heterocycles. The summed E-state index contributed by atoms with van der Waals surface area (Å²) in [7, 11) is 0. The summed E-state index contributed by atoms with van der Waals surface area (Å²) in [5.41, 5.74) is 6.07. The number of halogens is 2. The van der Waals surface area contributed by atoms with E-state index in [1.54, 1.807) is 6.20 Å². The number of nitrogens with zero attached hydrogens (tertiary/aromatic N) is 2. The van der Waals surface area contributed by atoms with Crippen LogP contribution in [0, 0.1) is 0 Å². The van der Waals surface area contributed by atoms with Crippen molar-refractivity contribution < 1.29 is 0 Å². The molecule has 1 aromatic heterocycles. The standard InChI is InChI=1S/C5H7N3.2ClH/c6-4-5-2-1-3-7-8-5;;/h1-3H,4,6H2;2*1H. The molecule has 3 nitrogen and oxygen atoms in total. The third-order valence-corrected chi connectivity index (χ3v) is 0.837. The van der Waals surface area contributed by atoms with E-state index in [1.807, 2.05) is 12.1 Å². The van der Waals surface area contributed by atoms with Gasteiger partial charge in [0.15, 0.2) is 0 Å². The molecule has 0 radical (unpaired) electrons. The van der Waals surface area contributed by atoms with Crippen LogP contribution in [-0.4, -0.2) is 10.2 Å². The first kappa shape index (κ1) is 12.3. The van der Waals surface area contributed by atoms with E-state index in [0.29, 0.717) is 6.54 Å². The first-order valence-electron chi connectivity index (χ1n) is 2.40. The maximum atomic E-state index is 5.25. The maximum absolute atomic E-state index is 5.25. The molecule has 58 valence electrons. The molecule has 0 bridgehead atoms. The van der Waals surface area contributed by atoms with Crippen LogP contribution in [0.1, 0.15) is 5.69 Å². The third-order valence-electron chi connectivity index (χ3n) is 0.837. The number of rotatable bonds is 1. The summed E-state index contributed by atoms with van der Waals surface area (Å²) in [4.78, 5) is 0. The molecule has 0 aliphatic heterocycles. The zero-order chi connectivity index (χ0) is 5.82. The predicted molar refractivity (Wildman–Crippen MR) is 44.4 cm³/mol. The van der Waals surface area contributed by atoms with Crippen molar-refractivity contribution >= 4 is 24.8 Å². The van der Waals surface area contributed by atoms with Crippen molar-refractivity contribution in [2.24, 2.45) is 5.73 Å². The highest BCUT2D eigenvalue weighted by atomic mass is 35.5. The van der Waals surface area contributed by atoms with E-state index in [0.717, 1.165) is 5.69 Å². The molecule has 0 aliphatic carbocycles. The van der Waals surface area contributed by atoms with E-state index in [9.17, 15) is 0 Å². The Kier molecular flexibility index (Phi) is 8.29. The van der Waals surface area contributed by atoms with Crippen LogP contribution in [0.4, 0.5) is 0 Å². The van der Waals surface area contributed by atoms with E-state index in [4.69, 9.17) is 5.73 Å².